The maximum atomic E-state index is 13.4. The number of fused-ring (bicyclic) bond motifs is 5. The van der Waals surface area contributed by atoms with Gasteiger partial charge in [-0.3, -0.25) is 29.4 Å². The largest absolute Gasteiger partial charge is 0.506 e. The van der Waals surface area contributed by atoms with Crippen LogP contribution in [0.2, 0.25) is 0 Å². The van der Waals surface area contributed by atoms with Crippen molar-refractivity contribution in [2.45, 2.75) is 18.9 Å². The van der Waals surface area contributed by atoms with E-state index < -0.39 is 28.7 Å². The quantitative estimate of drug-likeness (QED) is 0.230. The van der Waals surface area contributed by atoms with E-state index in [1.165, 1.54) is 41.3 Å². The number of para-hydroxylation sites is 2. The number of imide groups is 1. The van der Waals surface area contributed by atoms with E-state index in [4.69, 9.17) is 0 Å². The summed E-state index contributed by atoms with van der Waals surface area (Å²) < 4.78 is 0. The normalized spacial score (nSPS) is 25.9. The lowest BCUT2D eigenvalue weighted by molar-refractivity contribution is -0.384. The molecule has 33 heavy (non-hydrogen) atoms. The third-order valence-corrected chi connectivity index (χ3v) is 6.86. The number of carbonyl (C=O) groups is 3. The average Bonchev–Trinajstić information content (AvgIpc) is 3.48. The van der Waals surface area contributed by atoms with Crippen LogP contribution >= 0.6 is 0 Å². The van der Waals surface area contributed by atoms with Crippen LogP contribution in [0, 0.1) is 33.8 Å². The number of anilines is 1. The summed E-state index contributed by atoms with van der Waals surface area (Å²) in [5, 5.41) is 23.6. The molecule has 2 aromatic carbocycles. The summed E-state index contributed by atoms with van der Waals surface area (Å²) in [6.07, 6.45) is 4.53. The summed E-state index contributed by atoms with van der Waals surface area (Å²) in [6, 6.07) is 10.8. The van der Waals surface area contributed by atoms with Gasteiger partial charge in [0.05, 0.1) is 34.9 Å². The van der Waals surface area contributed by atoms with Crippen LogP contribution in [0.5, 0.6) is 5.75 Å². The zero-order chi connectivity index (χ0) is 23.3. The first kappa shape index (κ1) is 20.9. The Bertz CT molecular complexity index is 1160. The summed E-state index contributed by atoms with van der Waals surface area (Å²) in [7, 11) is 0. The molecule has 0 aromatic heterocycles. The van der Waals surface area contributed by atoms with Crippen molar-refractivity contribution in [1.82, 2.24) is 4.90 Å². The van der Waals surface area contributed by atoms with Crippen molar-refractivity contribution in [2.24, 2.45) is 23.7 Å². The number of phenols is 1. The van der Waals surface area contributed by atoms with Gasteiger partial charge in [0, 0.05) is 12.1 Å². The molecule has 2 bridgehead atoms. The number of nitrogens with zero attached hydrogens (tertiary/aromatic N) is 2. The standard InChI is InChI=1S/C24H21N3O6/c28-19-4-2-1-3-17(19)25-20(29)12-18(13-7-9-16(10-8-13)27(32)33)26-23(30)21-14-5-6-15(11-14)22(21)24(26)31/h1-10,14-15,18,21-22,28H,11-12H2,(H,25,29). The Balaban J connectivity index is 1.46. The van der Waals surface area contributed by atoms with Crippen molar-refractivity contribution < 1.29 is 24.4 Å². The number of rotatable bonds is 6. The van der Waals surface area contributed by atoms with Gasteiger partial charge in [0.25, 0.3) is 5.69 Å². The molecule has 1 saturated carbocycles. The van der Waals surface area contributed by atoms with Crippen LogP contribution in [0.1, 0.15) is 24.4 Å². The van der Waals surface area contributed by atoms with E-state index in [-0.39, 0.29) is 47.2 Å². The SMILES string of the molecule is O=C(CC(c1ccc([N+](=O)[O-])cc1)N1C(=O)C2C3C=CC(C3)C2C1=O)Nc1ccccc1O. The van der Waals surface area contributed by atoms with Crippen LogP contribution in [0.25, 0.3) is 0 Å². The van der Waals surface area contributed by atoms with Crippen molar-refractivity contribution in [3.8, 4) is 5.75 Å². The van der Waals surface area contributed by atoms with E-state index >= 15 is 0 Å². The number of amides is 3. The third kappa shape index (κ3) is 3.45. The molecule has 1 saturated heterocycles. The molecule has 3 amide bonds. The van der Waals surface area contributed by atoms with Crippen LogP contribution in [0.4, 0.5) is 11.4 Å². The van der Waals surface area contributed by atoms with Crippen LogP contribution in [0.15, 0.2) is 60.7 Å². The highest BCUT2D eigenvalue weighted by atomic mass is 16.6. The van der Waals surface area contributed by atoms with Crippen LogP contribution in [-0.2, 0) is 14.4 Å². The van der Waals surface area contributed by atoms with Gasteiger partial charge < -0.3 is 10.4 Å². The summed E-state index contributed by atoms with van der Waals surface area (Å²) in [5.74, 6) is -2.02. The smallest absolute Gasteiger partial charge is 0.269 e. The first-order valence-corrected chi connectivity index (χ1v) is 10.7. The second-order valence-corrected chi connectivity index (χ2v) is 8.68. The fraction of sp³-hybridized carbons (Fsp3) is 0.292. The molecule has 2 aliphatic carbocycles. The number of nitro groups is 1. The summed E-state index contributed by atoms with van der Waals surface area (Å²) in [5.41, 5.74) is 0.535. The van der Waals surface area contributed by atoms with E-state index in [1.807, 2.05) is 12.2 Å². The summed E-state index contributed by atoms with van der Waals surface area (Å²) >= 11 is 0. The molecule has 9 heteroatoms. The Morgan fingerprint density at radius 3 is 2.24 bits per heavy atom. The number of allylic oxidation sites excluding steroid dienone is 2. The van der Waals surface area contributed by atoms with E-state index in [0.717, 1.165) is 6.42 Å². The minimum atomic E-state index is -0.915. The van der Waals surface area contributed by atoms with Crippen molar-refractivity contribution in [3.63, 3.8) is 0 Å². The molecule has 2 aromatic rings. The molecule has 3 aliphatic rings. The predicted octanol–water partition coefficient (Wildman–Crippen LogP) is 3.18. The molecule has 2 N–H and O–H groups in total. The van der Waals surface area contributed by atoms with Crippen LogP contribution in [0.3, 0.4) is 0 Å². The minimum absolute atomic E-state index is 0.0223. The number of carbonyl (C=O) groups excluding carboxylic acids is 3. The maximum Gasteiger partial charge on any atom is 0.269 e. The fourth-order valence-corrected chi connectivity index (χ4v) is 5.37. The van der Waals surface area contributed by atoms with Crippen molar-refractivity contribution in [3.05, 3.63) is 76.4 Å². The molecule has 168 valence electrons. The van der Waals surface area contributed by atoms with E-state index in [0.29, 0.717) is 5.56 Å². The van der Waals surface area contributed by atoms with Crippen molar-refractivity contribution in [2.75, 3.05) is 5.32 Å². The molecule has 1 heterocycles. The number of benzene rings is 2. The number of aromatic hydroxyl groups is 1. The van der Waals surface area contributed by atoms with E-state index in [2.05, 4.69) is 5.32 Å². The molecule has 1 aliphatic heterocycles. The van der Waals surface area contributed by atoms with Crippen LogP contribution in [-0.4, -0.2) is 32.7 Å². The van der Waals surface area contributed by atoms with Gasteiger partial charge in [-0.1, -0.05) is 36.4 Å². The average molecular weight is 447 g/mol. The zero-order valence-electron chi connectivity index (χ0n) is 17.5. The highest BCUT2D eigenvalue weighted by Gasteiger charge is 2.60. The molecule has 0 spiro atoms. The topological polar surface area (TPSA) is 130 Å². The summed E-state index contributed by atoms with van der Waals surface area (Å²) in [6.45, 7) is 0. The molecule has 0 radical (unpaired) electrons. The van der Waals surface area contributed by atoms with Gasteiger partial charge >= 0.3 is 0 Å². The third-order valence-electron chi connectivity index (χ3n) is 6.86. The predicted molar refractivity (Wildman–Crippen MR) is 117 cm³/mol. The number of nitro benzene ring substituents is 1. The molecule has 5 atom stereocenters. The van der Waals surface area contributed by atoms with Gasteiger partial charge in [0.15, 0.2) is 0 Å². The second-order valence-electron chi connectivity index (χ2n) is 8.68. The van der Waals surface area contributed by atoms with Gasteiger partial charge in [-0.15, -0.1) is 0 Å². The Hall–Kier alpha value is -4.01. The first-order valence-electron chi connectivity index (χ1n) is 10.7. The van der Waals surface area contributed by atoms with E-state index in [1.54, 1.807) is 12.1 Å². The Morgan fingerprint density at radius 1 is 1.06 bits per heavy atom. The Kier molecular flexibility index (Phi) is 4.96. The first-order chi connectivity index (χ1) is 15.8. The van der Waals surface area contributed by atoms with E-state index in [9.17, 15) is 29.6 Å². The fourth-order valence-electron chi connectivity index (χ4n) is 5.37. The van der Waals surface area contributed by atoms with Gasteiger partial charge in [0.2, 0.25) is 17.7 Å². The van der Waals surface area contributed by atoms with Gasteiger partial charge in [-0.25, -0.2) is 0 Å². The lowest BCUT2D eigenvalue weighted by atomic mass is 9.85. The molecule has 2 fully saturated rings. The molecular formula is C24H21N3O6. The maximum absolute atomic E-state index is 13.4. The highest BCUT2D eigenvalue weighted by molar-refractivity contribution is 6.07. The van der Waals surface area contributed by atoms with Gasteiger partial charge in [0.1, 0.15) is 5.75 Å². The Labute approximate surface area is 188 Å². The van der Waals surface area contributed by atoms with Gasteiger partial charge in [-0.2, -0.15) is 0 Å². The van der Waals surface area contributed by atoms with Gasteiger partial charge in [-0.05, 0) is 36.0 Å². The molecule has 5 unspecified atom stereocenters. The molecule has 5 rings (SSSR count). The zero-order valence-corrected chi connectivity index (χ0v) is 17.5. The number of hydrogen-bond acceptors (Lipinski definition) is 6. The number of non-ortho nitro benzene ring substituents is 1. The van der Waals surface area contributed by atoms with Crippen molar-refractivity contribution in [1.29, 1.82) is 0 Å². The molecule has 9 nitrogen and oxygen atoms in total. The Morgan fingerprint density at radius 2 is 1.67 bits per heavy atom. The van der Waals surface area contributed by atoms with Crippen molar-refractivity contribution >= 4 is 29.1 Å². The lowest BCUT2D eigenvalue weighted by Crippen LogP contribution is -2.38. The monoisotopic (exact) mass is 447 g/mol. The number of phenolic OH excluding ortho intramolecular Hbond substituents is 1. The second kappa shape index (κ2) is 7.84. The number of likely N-dealkylation sites (tertiary alicyclic amines) is 1. The summed E-state index contributed by atoms with van der Waals surface area (Å²) in [4.78, 5) is 51.3. The minimum Gasteiger partial charge on any atom is -0.506 e. The number of nitrogens with one attached hydrogen (secondary N) is 1. The highest BCUT2D eigenvalue weighted by Crippen LogP contribution is 2.54. The molecular weight excluding hydrogens is 426 g/mol. The number of hydrogen-bond donors (Lipinski definition) is 2. The van der Waals surface area contributed by atoms with Crippen LogP contribution < -0.4 is 5.32 Å². The lowest BCUT2D eigenvalue weighted by Gasteiger charge is -2.28.